The fourth-order valence-electron chi connectivity index (χ4n) is 2.79. The highest BCUT2D eigenvalue weighted by Gasteiger charge is 2.15. The normalized spacial score (nSPS) is 17.0. The maximum absolute atomic E-state index is 4.51. The fourth-order valence-corrected chi connectivity index (χ4v) is 3.40. The lowest BCUT2D eigenvalue weighted by Gasteiger charge is -2.30. The number of aryl methyl sites for hydroxylation is 1. The molecule has 0 spiro atoms. The van der Waals surface area contributed by atoms with Gasteiger partial charge in [-0.25, -0.2) is 4.98 Å². The molecule has 1 aromatic heterocycles. The number of hydrogen-bond acceptors (Lipinski definition) is 4. The van der Waals surface area contributed by atoms with Gasteiger partial charge in [-0.05, 0) is 38.8 Å². The maximum Gasteiger partial charge on any atom is 0.193 e. The van der Waals surface area contributed by atoms with Gasteiger partial charge in [-0.1, -0.05) is 6.92 Å². The maximum atomic E-state index is 4.51. The summed E-state index contributed by atoms with van der Waals surface area (Å²) in [5.74, 6) is 1.83. The van der Waals surface area contributed by atoms with E-state index in [0.717, 1.165) is 42.2 Å². The Bertz CT molecular complexity index is 483. The molecule has 1 saturated heterocycles. The second-order valence-electron chi connectivity index (χ2n) is 6.21. The van der Waals surface area contributed by atoms with E-state index in [1.807, 2.05) is 14.0 Å². The van der Waals surface area contributed by atoms with E-state index in [4.69, 9.17) is 0 Å². The van der Waals surface area contributed by atoms with Crippen molar-refractivity contribution < 1.29 is 0 Å². The van der Waals surface area contributed by atoms with Crippen molar-refractivity contribution in [3.63, 3.8) is 0 Å². The van der Waals surface area contributed by atoms with Gasteiger partial charge in [-0.2, -0.15) is 0 Å². The molecule has 0 saturated carbocycles. The Morgan fingerprint density at radius 2 is 2.17 bits per heavy atom. The van der Waals surface area contributed by atoms with Crippen molar-refractivity contribution in [2.24, 2.45) is 10.9 Å². The zero-order chi connectivity index (χ0) is 15.9. The standard InChI is InChI=1S/C16H29N5S.HI/c1-13-5-8-21(9-6-13)10-7-18-16(17-3)20(4)11-15-12-22-14(2)19-15;/h12-13H,5-11H2,1-4H3,(H,17,18);1H. The van der Waals surface area contributed by atoms with Crippen LogP contribution >= 0.6 is 35.3 Å². The Hall–Kier alpha value is -0.410. The molecule has 1 aliphatic heterocycles. The lowest BCUT2D eigenvalue weighted by molar-refractivity contribution is 0.195. The second-order valence-corrected chi connectivity index (χ2v) is 7.27. The first-order chi connectivity index (χ1) is 10.6. The molecule has 0 bridgehead atoms. The number of thiazole rings is 1. The zero-order valence-electron chi connectivity index (χ0n) is 14.7. The van der Waals surface area contributed by atoms with Crippen LogP contribution in [0.25, 0.3) is 0 Å². The summed E-state index contributed by atoms with van der Waals surface area (Å²) in [6.45, 7) is 9.69. The smallest absolute Gasteiger partial charge is 0.193 e. The number of rotatable bonds is 5. The Kier molecular flexibility index (Phi) is 9.38. The van der Waals surface area contributed by atoms with Crippen molar-refractivity contribution in [3.05, 3.63) is 16.1 Å². The molecule has 1 aromatic rings. The van der Waals surface area contributed by atoms with Crippen LogP contribution in [0, 0.1) is 12.8 Å². The molecule has 0 unspecified atom stereocenters. The molecule has 0 aliphatic carbocycles. The van der Waals surface area contributed by atoms with Gasteiger partial charge in [-0.15, -0.1) is 35.3 Å². The number of aromatic nitrogens is 1. The molecule has 5 nitrogen and oxygen atoms in total. The number of likely N-dealkylation sites (tertiary alicyclic amines) is 1. The Balaban J connectivity index is 0.00000264. The minimum atomic E-state index is 0. The van der Waals surface area contributed by atoms with Crippen molar-refractivity contribution in [2.45, 2.75) is 33.2 Å². The van der Waals surface area contributed by atoms with Crippen LogP contribution < -0.4 is 5.32 Å². The molecular weight excluding hydrogens is 421 g/mol. The summed E-state index contributed by atoms with van der Waals surface area (Å²) in [7, 11) is 3.90. The van der Waals surface area contributed by atoms with Crippen molar-refractivity contribution >= 4 is 41.3 Å². The first kappa shape index (κ1) is 20.6. The number of halogens is 1. The predicted octanol–water partition coefficient (Wildman–Crippen LogP) is 2.81. The summed E-state index contributed by atoms with van der Waals surface area (Å²) in [5.41, 5.74) is 1.11. The van der Waals surface area contributed by atoms with E-state index in [0.29, 0.717) is 0 Å². The molecule has 0 atom stereocenters. The minimum Gasteiger partial charge on any atom is -0.355 e. The van der Waals surface area contributed by atoms with Crippen LogP contribution in [-0.4, -0.2) is 61.0 Å². The van der Waals surface area contributed by atoms with Crippen LogP contribution in [0.2, 0.25) is 0 Å². The monoisotopic (exact) mass is 451 g/mol. The summed E-state index contributed by atoms with van der Waals surface area (Å²) in [6.07, 6.45) is 2.66. The molecule has 2 heterocycles. The molecule has 1 aliphatic rings. The van der Waals surface area contributed by atoms with Crippen LogP contribution in [0.4, 0.5) is 0 Å². The van der Waals surface area contributed by atoms with Crippen molar-refractivity contribution in [3.8, 4) is 0 Å². The van der Waals surface area contributed by atoms with E-state index in [9.17, 15) is 0 Å². The van der Waals surface area contributed by atoms with Gasteiger partial charge < -0.3 is 15.1 Å². The van der Waals surface area contributed by atoms with E-state index in [2.05, 4.69) is 44.4 Å². The lowest BCUT2D eigenvalue weighted by atomic mass is 9.99. The SMILES string of the molecule is CN=C(NCCN1CCC(C)CC1)N(C)Cc1csc(C)n1.I. The van der Waals surface area contributed by atoms with E-state index >= 15 is 0 Å². The highest BCUT2D eigenvalue weighted by atomic mass is 127. The largest absolute Gasteiger partial charge is 0.355 e. The van der Waals surface area contributed by atoms with Crippen molar-refractivity contribution in [1.82, 2.24) is 20.1 Å². The lowest BCUT2D eigenvalue weighted by Crippen LogP contribution is -2.43. The van der Waals surface area contributed by atoms with Gasteiger partial charge in [0.2, 0.25) is 0 Å². The number of guanidine groups is 1. The zero-order valence-corrected chi connectivity index (χ0v) is 17.9. The third kappa shape index (κ3) is 6.93. The number of nitrogens with zero attached hydrogens (tertiary/aromatic N) is 4. The fraction of sp³-hybridized carbons (Fsp3) is 0.750. The minimum absolute atomic E-state index is 0. The molecule has 1 fully saturated rings. The van der Waals surface area contributed by atoms with Crippen LogP contribution in [0.5, 0.6) is 0 Å². The van der Waals surface area contributed by atoms with E-state index in [1.165, 1.54) is 25.9 Å². The Morgan fingerprint density at radius 3 is 2.74 bits per heavy atom. The van der Waals surface area contributed by atoms with E-state index < -0.39 is 0 Å². The van der Waals surface area contributed by atoms with Gasteiger partial charge >= 0.3 is 0 Å². The van der Waals surface area contributed by atoms with Gasteiger partial charge in [0.05, 0.1) is 17.2 Å². The quantitative estimate of drug-likeness (QED) is 0.425. The van der Waals surface area contributed by atoms with Gasteiger partial charge in [-0.3, -0.25) is 4.99 Å². The number of nitrogens with one attached hydrogen (secondary N) is 1. The highest BCUT2D eigenvalue weighted by Crippen LogP contribution is 2.15. The first-order valence-corrected chi connectivity index (χ1v) is 9.01. The van der Waals surface area contributed by atoms with Gasteiger partial charge in [0.25, 0.3) is 0 Å². The van der Waals surface area contributed by atoms with Gasteiger partial charge in [0.1, 0.15) is 0 Å². The predicted molar refractivity (Wildman–Crippen MR) is 110 cm³/mol. The number of hydrogen-bond donors (Lipinski definition) is 1. The summed E-state index contributed by atoms with van der Waals surface area (Å²) in [5, 5.41) is 6.70. The Morgan fingerprint density at radius 1 is 1.48 bits per heavy atom. The summed E-state index contributed by atoms with van der Waals surface area (Å²) >= 11 is 1.70. The van der Waals surface area contributed by atoms with Crippen molar-refractivity contribution in [2.75, 3.05) is 40.3 Å². The molecule has 23 heavy (non-hydrogen) atoms. The molecule has 0 aromatic carbocycles. The average Bonchev–Trinajstić information content (AvgIpc) is 2.90. The Labute approximate surface area is 161 Å². The molecular formula is C16H30IN5S. The van der Waals surface area contributed by atoms with Gasteiger partial charge in [0.15, 0.2) is 5.96 Å². The second kappa shape index (κ2) is 10.5. The molecule has 7 heteroatoms. The molecule has 1 N–H and O–H groups in total. The van der Waals surface area contributed by atoms with E-state index in [1.54, 1.807) is 11.3 Å². The number of aliphatic imine (C=N–C) groups is 1. The molecule has 0 amide bonds. The van der Waals surface area contributed by atoms with E-state index in [-0.39, 0.29) is 24.0 Å². The highest BCUT2D eigenvalue weighted by molar-refractivity contribution is 14.0. The van der Waals surface area contributed by atoms with Crippen LogP contribution in [0.3, 0.4) is 0 Å². The van der Waals surface area contributed by atoms with Crippen molar-refractivity contribution in [1.29, 1.82) is 0 Å². The van der Waals surface area contributed by atoms with Gasteiger partial charge in [0, 0.05) is 32.6 Å². The number of piperidine rings is 1. The first-order valence-electron chi connectivity index (χ1n) is 8.13. The summed E-state index contributed by atoms with van der Waals surface area (Å²) in [4.78, 5) is 13.6. The average molecular weight is 451 g/mol. The van der Waals surface area contributed by atoms with Crippen LogP contribution in [-0.2, 0) is 6.54 Å². The topological polar surface area (TPSA) is 43.8 Å². The summed E-state index contributed by atoms with van der Waals surface area (Å²) < 4.78 is 0. The third-order valence-electron chi connectivity index (χ3n) is 4.23. The van der Waals surface area contributed by atoms with Crippen LogP contribution in [0.15, 0.2) is 10.4 Å². The third-order valence-corrected chi connectivity index (χ3v) is 5.05. The summed E-state index contributed by atoms with van der Waals surface area (Å²) in [6, 6.07) is 0. The molecule has 132 valence electrons. The molecule has 0 radical (unpaired) electrons. The van der Waals surface area contributed by atoms with Crippen LogP contribution in [0.1, 0.15) is 30.5 Å². The molecule has 2 rings (SSSR count).